The monoisotopic (exact) mass is 743 g/mol. The van der Waals surface area contributed by atoms with Crippen molar-refractivity contribution in [2.24, 2.45) is 5.92 Å². The van der Waals surface area contributed by atoms with Gasteiger partial charge in [-0.25, -0.2) is 0 Å². The van der Waals surface area contributed by atoms with Crippen LogP contribution >= 0.6 is 13.5 Å². The summed E-state index contributed by atoms with van der Waals surface area (Å²) in [5, 5.41) is 0. The molecule has 1 aliphatic heterocycles. The Morgan fingerprint density at radius 1 is 0.950 bits per heavy atom. The van der Waals surface area contributed by atoms with Crippen LogP contribution in [0.2, 0.25) is 0 Å². The smallest absolute Gasteiger partial charge is 0.0233 e. The topological polar surface area (TPSA) is 3.24 Å². The minimum atomic E-state index is 0. The van der Waals surface area contributed by atoms with Gasteiger partial charge in [-0.15, -0.1) is 0 Å². The molecule has 0 saturated carbocycles. The summed E-state index contributed by atoms with van der Waals surface area (Å²) >= 11 is 0. The van der Waals surface area contributed by atoms with Crippen molar-refractivity contribution in [3.63, 3.8) is 0 Å². The van der Waals surface area contributed by atoms with Crippen LogP contribution in [0.4, 0.5) is 0 Å². The zero-order valence-electron chi connectivity index (χ0n) is 12.2. The fourth-order valence-electron chi connectivity index (χ4n) is 2.01. The van der Waals surface area contributed by atoms with E-state index in [1.807, 2.05) is 0 Å². The van der Waals surface area contributed by atoms with E-state index in [2.05, 4.69) is 42.2 Å². The van der Waals surface area contributed by atoms with Crippen molar-refractivity contribution in [3.05, 3.63) is 35.9 Å². The Morgan fingerprint density at radius 3 is 1.85 bits per heavy atom. The van der Waals surface area contributed by atoms with Gasteiger partial charge in [0.2, 0.25) is 0 Å². The predicted octanol–water partition coefficient (Wildman–Crippen LogP) is 2.63. The average Bonchev–Trinajstić information content (AvgIpc) is 2.53. The molecule has 1 nitrogen and oxygen atoms in total. The second kappa shape index (κ2) is 25.2. The van der Waals surface area contributed by atoms with Crippen LogP contribution < -0.4 is 0 Å². The molecule has 1 fully saturated rings. The normalized spacial score (nSPS) is 15.3. The standard InChI is InChI=1S/C12H17N.H2S.6Y/c1-11-7-8-13(9-11)10-12-5-3-2-4-6-12;;;;;;;/h2-6,11H,7-10H2,1H3;1H2;;;;;;/t11-;;;;;;;/m0......./s1. The maximum atomic E-state index is 2.54. The van der Waals surface area contributed by atoms with E-state index in [9.17, 15) is 0 Å². The van der Waals surface area contributed by atoms with Crippen molar-refractivity contribution in [1.29, 1.82) is 0 Å². The van der Waals surface area contributed by atoms with E-state index in [4.69, 9.17) is 0 Å². The molecule has 1 saturated heterocycles. The molecule has 20 heavy (non-hydrogen) atoms. The van der Waals surface area contributed by atoms with Gasteiger partial charge in [-0.2, -0.15) is 13.5 Å². The molecule has 0 N–H and O–H groups in total. The Balaban J connectivity index is -0.0000000700. The third kappa shape index (κ3) is 17.6. The number of benzene rings is 1. The van der Waals surface area contributed by atoms with E-state index < -0.39 is 0 Å². The maximum absolute atomic E-state index is 2.54. The Labute approximate surface area is 282 Å². The summed E-state index contributed by atoms with van der Waals surface area (Å²) in [5.74, 6) is 0.892. The van der Waals surface area contributed by atoms with Gasteiger partial charge in [0.05, 0.1) is 0 Å². The molecule has 1 atom stereocenters. The van der Waals surface area contributed by atoms with Crippen molar-refractivity contribution >= 4 is 13.5 Å². The van der Waals surface area contributed by atoms with E-state index >= 15 is 0 Å². The molecule has 0 aromatic heterocycles. The van der Waals surface area contributed by atoms with Crippen molar-refractivity contribution in [3.8, 4) is 0 Å². The largest absolute Gasteiger partial charge is 0.299 e. The molecule has 8 heteroatoms. The number of nitrogens with zero attached hydrogens (tertiary/aromatic N) is 1. The molecule has 1 aliphatic rings. The first-order valence-electron chi connectivity index (χ1n) is 5.11. The van der Waals surface area contributed by atoms with Gasteiger partial charge in [-0.3, -0.25) is 4.90 Å². The summed E-state index contributed by atoms with van der Waals surface area (Å²) in [7, 11) is 0. The van der Waals surface area contributed by atoms with Crippen LogP contribution in [0.15, 0.2) is 30.3 Å². The fraction of sp³-hybridized carbons (Fsp3) is 0.500. The molecule has 0 bridgehead atoms. The quantitative estimate of drug-likeness (QED) is 0.451. The Kier molecular flexibility index (Phi) is 51.2. The first-order chi connectivity index (χ1) is 6.34. The van der Waals surface area contributed by atoms with Gasteiger partial charge < -0.3 is 0 Å². The molecule has 1 aromatic rings. The number of rotatable bonds is 2. The molecule has 6 radical (unpaired) electrons. The van der Waals surface area contributed by atoms with Crippen LogP contribution in [0.5, 0.6) is 0 Å². The second-order valence-corrected chi connectivity index (χ2v) is 4.11. The third-order valence-electron chi connectivity index (χ3n) is 2.76. The molecule has 0 amide bonds. The SMILES string of the molecule is C[C@H]1CCN(Cc2ccccc2)C1.S.[Y].[Y].[Y].[Y].[Y].[Y]. The summed E-state index contributed by atoms with van der Waals surface area (Å²) in [5.41, 5.74) is 1.44. The van der Waals surface area contributed by atoms with E-state index in [1.165, 1.54) is 25.1 Å². The zero-order chi connectivity index (χ0) is 9.10. The predicted molar refractivity (Wildman–Crippen MR) is 65.9 cm³/mol. The number of hydrogen-bond acceptors (Lipinski definition) is 1. The van der Waals surface area contributed by atoms with Crippen LogP contribution in [-0.4, -0.2) is 18.0 Å². The summed E-state index contributed by atoms with van der Waals surface area (Å²) in [6.07, 6.45) is 1.37. The van der Waals surface area contributed by atoms with Gasteiger partial charge >= 0.3 is 0 Å². The molecule has 0 spiro atoms. The summed E-state index contributed by atoms with van der Waals surface area (Å²) in [6.45, 7) is 6.02. The maximum Gasteiger partial charge on any atom is 0.0233 e. The molecule has 2 rings (SSSR count). The molecule has 0 aliphatic carbocycles. The summed E-state index contributed by atoms with van der Waals surface area (Å²) in [4.78, 5) is 2.54. The number of likely N-dealkylation sites (tertiary alicyclic amines) is 1. The van der Waals surface area contributed by atoms with Crippen molar-refractivity contribution in [1.82, 2.24) is 4.90 Å². The second-order valence-electron chi connectivity index (χ2n) is 4.11. The van der Waals surface area contributed by atoms with Crippen molar-refractivity contribution in [2.75, 3.05) is 13.1 Å². The molecule has 96 valence electrons. The summed E-state index contributed by atoms with van der Waals surface area (Å²) in [6, 6.07) is 10.7. The Bertz CT molecular complexity index is 278. The number of hydrogen-bond donors (Lipinski definition) is 0. The fourth-order valence-corrected chi connectivity index (χ4v) is 2.01. The van der Waals surface area contributed by atoms with Gasteiger partial charge in [-0.1, -0.05) is 37.3 Å². The van der Waals surface area contributed by atoms with Crippen LogP contribution in [0.25, 0.3) is 0 Å². The summed E-state index contributed by atoms with van der Waals surface area (Å²) < 4.78 is 0. The van der Waals surface area contributed by atoms with Gasteiger partial charge in [0.15, 0.2) is 0 Å². The van der Waals surface area contributed by atoms with E-state index in [0.29, 0.717) is 0 Å². The molecule has 1 aromatic carbocycles. The molecule has 0 unspecified atom stereocenters. The minimum absolute atomic E-state index is 0. The zero-order valence-corrected chi connectivity index (χ0v) is 30.2. The third-order valence-corrected chi connectivity index (χ3v) is 2.76. The average molecular weight is 743 g/mol. The molecule has 1 heterocycles. The van der Waals surface area contributed by atoms with Crippen LogP contribution in [-0.2, 0) is 203 Å². The van der Waals surface area contributed by atoms with Crippen LogP contribution in [0, 0.1) is 5.92 Å². The van der Waals surface area contributed by atoms with Crippen molar-refractivity contribution < 1.29 is 196 Å². The van der Waals surface area contributed by atoms with E-state index in [1.54, 1.807) is 0 Å². The van der Waals surface area contributed by atoms with Gasteiger partial charge in [-0.05, 0) is 24.4 Å². The van der Waals surface area contributed by atoms with Gasteiger partial charge in [0.25, 0.3) is 0 Å². The van der Waals surface area contributed by atoms with E-state index in [0.717, 1.165) is 12.5 Å². The van der Waals surface area contributed by atoms with E-state index in [-0.39, 0.29) is 210 Å². The Morgan fingerprint density at radius 2 is 1.45 bits per heavy atom. The first-order valence-corrected chi connectivity index (χ1v) is 5.11. The van der Waals surface area contributed by atoms with Crippen LogP contribution in [0.1, 0.15) is 18.9 Å². The van der Waals surface area contributed by atoms with Gasteiger partial charge in [0, 0.05) is 209 Å². The Hall–Kier alpha value is 6.15. The first kappa shape index (κ1) is 40.7. The molecular weight excluding hydrogens is 724 g/mol. The van der Waals surface area contributed by atoms with Gasteiger partial charge in [0.1, 0.15) is 0 Å². The van der Waals surface area contributed by atoms with Crippen LogP contribution in [0.3, 0.4) is 0 Å². The van der Waals surface area contributed by atoms with Crippen molar-refractivity contribution in [2.45, 2.75) is 19.9 Å². The minimum Gasteiger partial charge on any atom is -0.299 e. The molecular formula is C12H19NSY6.